The third kappa shape index (κ3) is 2.01. The lowest BCUT2D eigenvalue weighted by Crippen LogP contribution is -2.22. The van der Waals surface area contributed by atoms with Gasteiger partial charge in [-0.05, 0) is 0 Å². The Kier molecular flexibility index (Phi) is 2.93. The number of hydrogen-bond donors (Lipinski definition) is 1. The second-order valence-electron chi connectivity index (χ2n) is 3.47. The van der Waals surface area contributed by atoms with Crippen LogP contribution in [0, 0.1) is 0 Å². The number of nitrogens with zero attached hydrogens (tertiary/aromatic N) is 1. The van der Waals surface area contributed by atoms with Crippen LogP contribution in [-0.4, -0.2) is 17.3 Å². The maximum absolute atomic E-state index is 11.2. The second-order valence-corrected chi connectivity index (χ2v) is 4.64. The summed E-state index contributed by atoms with van der Waals surface area (Å²) in [5.74, 6) is 0.282. The number of hydrogen-bond acceptors (Lipinski definition) is 4. The van der Waals surface area contributed by atoms with Gasteiger partial charge in [0.25, 0.3) is 0 Å². The molecular formula is C10H14N2OS. The number of fused-ring (bicyclic) bond motifs is 1. The first-order valence-electron chi connectivity index (χ1n) is 4.99. The van der Waals surface area contributed by atoms with Crippen molar-refractivity contribution in [2.45, 2.75) is 32.7 Å². The average molecular weight is 210 g/mol. The molecule has 1 N–H and O–H groups in total. The van der Waals surface area contributed by atoms with Crippen molar-refractivity contribution in [2.24, 2.45) is 0 Å². The Labute approximate surface area is 87.6 Å². The first kappa shape index (κ1) is 9.80. The summed E-state index contributed by atoms with van der Waals surface area (Å²) < 4.78 is 0. The van der Waals surface area contributed by atoms with E-state index in [1.54, 1.807) is 11.3 Å². The quantitative estimate of drug-likeness (QED) is 0.818. The maximum Gasteiger partial charge on any atom is 0.139 e. The smallest absolute Gasteiger partial charge is 0.139 e. The van der Waals surface area contributed by atoms with Gasteiger partial charge >= 0.3 is 0 Å². The third-order valence-corrected chi connectivity index (χ3v) is 3.49. The summed E-state index contributed by atoms with van der Waals surface area (Å²) in [5, 5.41) is 4.30. The number of aromatic nitrogens is 1. The van der Waals surface area contributed by atoms with E-state index in [-0.39, 0.29) is 5.78 Å². The fraction of sp³-hybridized carbons (Fsp3) is 0.600. The summed E-state index contributed by atoms with van der Waals surface area (Å²) in [7, 11) is 0. The molecule has 0 aromatic carbocycles. The summed E-state index contributed by atoms with van der Waals surface area (Å²) in [5.41, 5.74) is 1.20. The Balaban J connectivity index is 2.12. The molecule has 0 amide bonds. The number of nitrogens with one attached hydrogen (secondary N) is 1. The molecule has 4 heteroatoms. The zero-order chi connectivity index (χ0) is 9.97. The third-order valence-electron chi connectivity index (χ3n) is 2.39. The first-order chi connectivity index (χ1) is 6.79. The zero-order valence-electron chi connectivity index (χ0n) is 8.30. The molecule has 1 aliphatic rings. The molecule has 0 spiro atoms. The van der Waals surface area contributed by atoms with Crippen LogP contribution in [-0.2, 0) is 24.2 Å². The molecule has 2 heterocycles. The van der Waals surface area contributed by atoms with Crippen molar-refractivity contribution in [3.63, 3.8) is 0 Å². The van der Waals surface area contributed by atoms with Crippen LogP contribution in [0.5, 0.6) is 0 Å². The minimum absolute atomic E-state index is 0.282. The molecule has 0 saturated carbocycles. The van der Waals surface area contributed by atoms with Gasteiger partial charge in [0.15, 0.2) is 0 Å². The SMILES string of the molecule is CCC(=O)Cc1nc2c(s1)CNCC2. The van der Waals surface area contributed by atoms with E-state index < -0.39 is 0 Å². The molecule has 0 aliphatic carbocycles. The predicted octanol–water partition coefficient (Wildman–Crippen LogP) is 1.31. The fourth-order valence-electron chi connectivity index (χ4n) is 1.55. The molecule has 3 nitrogen and oxygen atoms in total. The fourth-order valence-corrected chi connectivity index (χ4v) is 2.66. The molecule has 1 aromatic heterocycles. The molecule has 0 bridgehead atoms. The Morgan fingerprint density at radius 1 is 1.64 bits per heavy atom. The summed E-state index contributed by atoms with van der Waals surface area (Å²) in [6.07, 6.45) is 2.14. The molecule has 0 atom stereocenters. The lowest BCUT2D eigenvalue weighted by molar-refractivity contribution is -0.118. The summed E-state index contributed by atoms with van der Waals surface area (Å²) in [6, 6.07) is 0. The highest BCUT2D eigenvalue weighted by atomic mass is 32.1. The minimum Gasteiger partial charge on any atom is -0.311 e. The van der Waals surface area contributed by atoms with Crippen LogP contribution in [0.1, 0.15) is 28.9 Å². The minimum atomic E-state index is 0.282. The summed E-state index contributed by atoms with van der Waals surface area (Å²) >= 11 is 1.68. The number of carbonyl (C=O) groups is 1. The van der Waals surface area contributed by atoms with Crippen molar-refractivity contribution >= 4 is 17.1 Å². The first-order valence-corrected chi connectivity index (χ1v) is 5.81. The van der Waals surface area contributed by atoms with Crippen LogP contribution in [0.3, 0.4) is 0 Å². The molecule has 0 fully saturated rings. The van der Waals surface area contributed by atoms with Crippen molar-refractivity contribution in [1.29, 1.82) is 0 Å². The number of rotatable bonds is 3. The molecule has 2 rings (SSSR count). The van der Waals surface area contributed by atoms with E-state index in [4.69, 9.17) is 0 Å². The van der Waals surface area contributed by atoms with Crippen molar-refractivity contribution in [3.8, 4) is 0 Å². The molecular weight excluding hydrogens is 196 g/mol. The molecule has 0 unspecified atom stereocenters. The van der Waals surface area contributed by atoms with Crippen LogP contribution >= 0.6 is 11.3 Å². The van der Waals surface area contributed by atoms with E-state index in [1.807, 2.05) is 6.92 Å². The predicted molar refractivity (Wildman–Crippen MR) is 56.5 cm³/mol. The second kappa shape index (κ2) is 4.19. The number of Topliss-reactive ketones (excluding diaryl/α,β-unsaturated/α-hetero) is 1. The highest BCUT2D eigenvalue weighted by Crippen LogP contribution is 2.22. The van der Waals surface area contributed by atoms with Crippen molar-refractivity contribution in [1.82, 2.24) is 10.3 Å². The van der Waals surface area contributed by atoms with Crippen molar-refractivity contribution in [3.05, 3.63) is 15.6 Å². The molecule has 76 valence electrons. The number of carbonyl (C=O) groups excluding carboxylic acids is 1. The lowest BCUT2D eigenvalue weighted by Gasteiger charge is -2.09. The largest absolute Gasteiger partial charge is 0.311 e. The summed E-state index contributed by atoms with van der Waals surface area (Å²) in [6.45, 7) is 3.84. The van der Waals surface area contributed by atoms with E-state index in [9.17, 15) is 4.79 Å². The van der Waals surface area contributed by atoms with Gasteiger partial charge in [0, 0.05) is 30.8 Å². The van der Waals surface area contributed by atoms with Crippen LogP contribution in [0.25, 0.3) is 0 Å². The van der Waals surface area contributed by atoms with Gasteiger partial charge in [0.1, 0.15) is 10.8 Å². The lowest BCUT2D eigenvalue weighted by atomic mass is 10.2. The highest BCUT2D eigenvalue weighted by Gasteiger charge is 2.15. The van der Waals surface area contributed by atoms with Crippen LogP contribution in [0.4, 0.5) is 0 Å². The van der Waals surface area contributed by atoms with E-state index in [0.717, 1.165) is 24.5 Å². The summed E-state index contributed by atoms with van der Waals surface area (Å²) in [4.78, 5) is 17.1. The Morgan fingerprint density at radius 2 is 2.50 bits per heavy atom. The topological polar surface area (TPSA) is 42.0 Å². The monoisotopic (exact) mass is 210 g/mol. The van der Waals surface area contributed by atoms with E-state index in [2.05, 4.69) is 10.3 Å². The van der Waals surface area contributed by atoms with Gasteiger partial charge in [0.2, 0.25) is 0 Å². The molecule has 1 aliphatic heterocycles. The standard InChI is InChI=1S/C10H14N2OS/c1-2-7(13)5-10-12-8-3-4-11-6-9(8)14-10/h11H,2-6H2,1H3. The molecule has 0 saturated heterocycles. The number of thiazole rings is 1. The molecule has 14 heavy (non-hydrogen) atoms. The maximum atomic E-state index is 11.2. The number of ketones is 1. The van der Waals surface area contributed by atoms with Crippen LogP contribution in [0.2, 0.25) is 0 Å². The normalized spacial score (nSPS) is 15.2. The van der Waals surface area contributed by atoms with Gasteiger partial charge in [-0.25, -0.2) is 4.98 Å². The molecule has 0 radical (unpaired) electrons. The highest BCUT2D eigenvalue weighted by molar-refractivity contribution is 7.11. The van der Waals surface area contributed by atoms with Gasteiger partial charge in [0.05, 0.1) is 12.1 Å². The van der Waals surface area contributed by atoms with Gasteiger partial charge < -0.3 is 5.32 Å². The van der Waals surface area contributed by atoms with E-state index in [1.165, 1.54) is 10.6 Å². The van der Waals surface area contributed by atoms with Crippen molar-refractivity contribution in [2.75, 3.05) is 6.54 Å². The van der Waals surface area contributed by atoms with E-state index in [0.29, 0.717) is 12.8 Å². The van der Waals surface area contributed by atoms with Crippen molar-refractivity contribution < 1.29 is 4.79 Å². The average Bonchev–Trinajstić information content (AvgIpc) is 2.59. The van der Waals surface area contributed by atoms with Gasteiger partial charge in [-0.2, -0.15) is 0 Å². The van der Waals surface area contributed by atoms with Gasteiger partial charge in [-0.3, -0.25) is 4.79 Å². The van der Waals surface area contributed by atoms with Crippen LogP contribution in [0.15, 0.2) is 0 Å². The Bertz CT molecular complexity index is 322. The van der Waals surface area contributed by atoms with E-state index >= 15 is 0 Å². The Morgan fingerprint density at radius 3 is 3.21 bits per heavy atom. The van der Waals surface area contributed by atoms with Crippen LogP contribution < -0.4 is 5.32 Å². The van der Waals surface area contributed by atoms with Gasteiger partial charge in [-0.15, -0.1) is 11.3 Å². The molecule has 1 aromatic rings. The zero-order valence-corrected chi connectivity index (χ0v) is 9.12. The van der Waals surface area contributed by atoms with Gasteiger partial charge in [-0.1, -0.05) is 6.92 Å². The Hall–Kier alpha value is -0.740.